The molecule has 0 radical (unpaired) electrons. The van der Waals surface area contributed by atoms with Gasteiger partial charge in [0.15, 0.2) is 0 Å². The van der Waals surface area contributed by atoms with Gasteiger partial charge in [0.05, 0.1) is 10.6 Å². The maximum absolute atomic E-state index is 10.5. The van der Waals surface area contributed by atoms with Gasteiger partial charge in [-0.05, 0) is 12.8 Å². The first kappa shape index (κ1) is 12.9. The van der Waals surface area contributed by atoms with Crippen LogP contribution in [-0.4, -0.2) is 4.92 Å². The van der Waals surface area contributed by atoms with Crippen molar-refractivity contribution < 1.29 is 4.92 Å². The van der Waals surface area contributed by atoms with Crippen LogP contribution in [0.1, 0.15) is 52.4 Å². The molecule has 0 aromatic carbocycles. The van der Waals surface area contributed by atoms with Crippen LogP contribution in [0.3, 0.4) is 0 Å². The Bertz CT molecular complexity index is 212. The smallest absolute Gasteiger partial charge is 0.264 e. The molecule has 0 heterocycles. The Hall–Kier alpha value is -1.06. The third-order valence-corrected chi connectivity index (χ3v) is 2.23. The van der Waals surface area contributed by atoms with Gasteiger partial charge in [0.1, 0.15) is 0 Å². The Kier molecular flexibility index (Phi) is 6.80. The Morgan fingerprint density at radius 2 is 1.93 bits per heavy atom. The quantitative estimate of drug-likeness (QED) is 0.390. The van der Waals surface area contributed by atoms with Gasteiger partial charge in [0.25, 0.3) is 5.70 Å². The van der Waals surface area contributed by atoms with E-state index in [0.717, 1.165) is 12.8 Å². The molecule has 2 N–H and O–H groups in total. The molecule has 82 valence electrons. The van der Waals surface area contributed by atoms with Crippen LogP contribution in [0.4, 0.5) is 0 Å². The molecule has 0 aliphatic heterocycles. The molecule has 0 aromatic heterocycles. The van der Waals surface area contributed by atoms with Crippen LogP contribution in [0.15, 0.2) is 11.4 Å². The lowest BCUT2D eigenvalue weighted by Gasteiger charge is -2.02. The number of nitrogens with two attached hydrogens (primary N) is 1. The highest BCUT2D eigenvalue weighted by Crippen LogP contribution is 2.12. The standard InChI is InChI=1S/C10H20N2O2/c1-3-5-6-7-8-9(11)10(4-2)12(13)14/h3-8,11H2,1-2H3/b10-9-. The topological polar surface area (TPSA) is 69.2 Å². The molecule has 0 amide bonds. The lowest BCUT2D eigenvalue weighted by molar-refractivity contribution is -0.429. The number of allylic oxidation sites excluding steroid dienone is 2. The van der Waals surface area contributed by atoms with Crippen molar-refractivity contribution in [3.63, 3.8) is 0 Å². The molecular formula is C10H20N2O2. The Balaban J connectivity index is 4.00. The van der Waals surface area contributed by atoms with Crippen molar-refractivity contribution in [2.45, 2.75) is 52.4 Å². The minimum absolute atomic E-state index is 0.182. The Labute approximate surface area is 85.3 Å². The lowest BCUT2D eigenvalue weighted by atomic mass is 10.1. The second-order valence-corrected chi connectivity index (χ2v) is 3.39. The first-order valence-electron chi connectivity index (χ1n) is 5.25. The van der Waals surface area contributed by atoms with E-state index >= 15 is 0 Å². The van der Waals surface area contributed by atoms with Crippen LogP contribution >= 0.6 is 0 Å². The van der Waals surface area contributed by atoms with E-state index in [0.29, 0.717) is 18.5 Å². The number of nitro groups is 1. The average molecular weight is 200 g/mol. The molecule has 0 aliphatic carbocycles. The predicted molar refractivity (Wildman–Crippen MR) is 57.3 cm³/mol. The molecular weight excluding hydrogens is 180 g/mol. The first-order chi connectivity index (χ1) is 6.63. The predicted octanol–water partition coefficient (Wildman–Crippen LogP) is 2.81. The Morgan fingerprint density at radius 1 is 1.29 bits per heavy atom. The van der Waals surface area contributed by atoms with E-state index in [2.05, 4.69) is 6.92 Å². The first-order valence-corrected chi connectivity index (χ1v) is 5.25. The third kappa shape index (κ3) is 4.84. The molecule has 0 spiro atoms. The molecule has 4 nitrogen and oxygen atoms in total. The number of hydrogen-bond donors (Lipinski definition) is 1. The van der Waals surface area contributed by atoms with Crippen LogP contribution < -0.4 is 5.73 Å². The van der Waals surface area contributed by atoms with Crippen molar-refractivity contribution >= 4 is 0 Å². The lowest BCUT2D eigenvalue weighted by Crippen LogP contribution is -2.09. The summed E-state index contributed by atoms with van der Waals surface area (Å²) in [6, 6.07) is 0. The molecule has 0 atom stereocenters. The van der Waals surface area contributed by atoms with Crippen LogP contribution in [-0.2, 0) is 0 Å². The summed E-state index contributed by atoms with van der Waals surface area (Å²) in [7, 11) is 0. The SMILES string of the molecule is CCCCCC/C(N)=C(\CC)[N+](=O)[O-]. The molecule has 14 heavy (non-hydrogen) atoms. The fourth-order valence-electron chi connectivity index (χ4n) is 1.36. The summed E-state index contributed by atoms with van der Waals surface area (Å²) in [5.74, 6) is 0. The van der Waals surface area contributed by atoms with Gasteiger partial charge >= 0.3 is 0 Å². The van der Waals surface area contributed by atoms with Crippen molar-refractivity contribution in [2.24, 2.45) is 5.73 Å². The summed E-state index contributed by atoms with van der Waals surface area (Å²) in [6.45, 7) is 3.89. The van der Waals surface area contributed by atoms with Gasteiger partial charge in [0, 0.05) is 6.42 Å². The molecule has 4 heteroatoms. The van der Waals surface area contributed by atoms with E-state index in [1.165, 1.54) is 12.8 Å². The maximum atomic E-state index is 10.5. The summed E-state index contributed by atoms with van der Waals surface area (Å²) in [6.07, 6.45) is 5.46. The molecule has 0 aromatic rings. The molecule has 0 saturated heterocycles. The van der Waals surface area contributed by atoms with Crippen molar-refractivity contribution in [2.75, 3.05) is 0 Å². The molecule has 0 rings (SSSR count). The van der Waals surface area contributed by atoms with Gasteiger partial charge in [-0.25, -0.2) is 0 Å². The summed E-state index contributed by atoms with van der Waals surface area (Å²) in [5.41, 5.74) is 6.28. The summed E-state index contributed by atoms with van der Waals surface area (Å²) in [4.78, 5) is 10.2. The second kappa shape index (κ2) is 7.35. The molecule has 0 unspecified atom stereocenters. The normalized spacial score (nSPS) is 12.4. The molecule has 0 aliphatic rings. The monoisotopic (exact) mass is 200 g/mol. The maximum Gasteiger partial charge on any atom is 0.264 e. The zero-order valence-electron chi connectivity index (χ0n) is 9.08. The summed E-state index contributed by atoms with van der Waals surface area (Å²) in [5, 5.41) is 10.5. The van der Waals surface area contributed by atoms with Gasteiger partial charge in [-0.3, -0.25) is 10.1 Å². The number of nitrogens with zero attached hydrogens (tertiary/aromatic N) is 1. The summed E-state index contributed by atoms with van der Waals surface area (Å²) < 4.78 is 0. The van der Waals surface area contributed by atoms with E-state index in [1.807, 2.05) is 0 Å². The number of rotatable bonds is 7. The number of unbranched alkanes of at least 4 members (excludes halogenated alkanes) is 3. The summed E-state index contributed by atoms with van der Waals surface area (Å²) >= 11 is 0. The van der Waals surface area contributed by atoms with Gasteiger partial charge < -0.3 is 5.73 Å². The van der Waals surface area contributed by atoms with Gasteiger partial charge in [-0.1, -0.05) is 33.1 Å². The van der Waals surface area contributed by atoms with E-state index < -0.39 is 0 Å². The van der Waals surface area contributed by atoms with Crippen LogP contribution in [0.5, 0.6) is 0 Å². The fraction of sp³-hybridized carbons (Fsp3) is 0.800. The highest BCUT2D eigenvalue weighted by Gasteiger charge is 2.12. The van der Waals surface area contributed by atoms with Crippen molar-refractivity contribution in [3.05, 3.63) is 21.5 Å². The van der Waals surface area contributed by atoms with Gasteiger partial charge in [-0.2, -0.15) is 0 Å². The molecule has 0 bridgehead atoms. The van der Waals surface area contributed by atoms with Crippen LogP contribution in [0.25, 0.3) is 0 Å². The van der Waals surface area contributed by atoms with E-state index in [4.69, 9.17) is 5.73 Å². The van der Waals surface area contributed by atoms with E-state index in [9.17, 15) is 10.1 Å². The highest BCUT2D eigenvalue weighted by molar-refractivity contribution is 5.02. The van der Waals surface area contributed by atoms with Crippen molar-refractivity contribution in [1.82, 2.24) is 0 Å². The highest BCUT2D eigenvalue weighted by atomic mass is 16.6. The fourth-order valence-corrected chi connectivity index (χ4v) is 1.36. The van der Waals surface area contributed by atoms with Gasteiger partial charge in [0.2, 0.25) is 0 Å². The molecule has 0 fully saturated rings. The average Bonchev–Trinajstić information content (AvgIpc) is 2.13. The van der Waals surface area contributed by atoms with Crippen LogP contribution in [0, 0.1) is 10.1 Å². The zero-order valence-corrected chi connectivity index (χ0v) is 9.08. The molecule has 0 saturated carbocycles. The van der Waals surface area contributed by atoms with Crippen LogP contribution in [0.2, 0.25) is 0 Å². The zero-order chi connectivity index (χ0) is 11.0. The van der Waals surface area contributed by atoms with Crippen molar-refractivity contribution in [3.8, 4) is 0 Å². The van der Waals surface area contributed by atoms with Crippen molar-refractivity contribution in [1.29, 1.82) is 0 Å². The number of hydrogen-bond acceptors (Lipinski definition) is 3. The Morgan fingerprint density at radius 3 is 2.36 bits per heavy atom. The van der Waals surface area contributed by atoms with Gasteiger partial charge in [-0.15, -0.1) is 0 Å². The largest absolute Gasteiger partial charge is 0.397 e. The second-order valence-electron chi connectivity index (χ2n) is 3.39. The van der Waals surface area contributed by atoms with E-state index in [1.54, 1.807) is 6.92 Å². The van der Waals surface area contributed by atoms with E-state index in [-0.39, 0.29) is 10.6 Å². The minimum Gasteiger partial charge on any atom is -0.397 e. The minimum atomic E-state index is -0.366. The third-order valence-electron chi connectivity index (χ3n) is 2.23.